The van der Waals surface area contributed by atoms with Crippen molar-refractivity contribution in [2.45, 2.75) is 10.9 Å². The number of hydrogen-bond donors (Lipinski definition) is 1. The van der Waals surface area contributed by atoms with Crippen LogP contribution >= 0.6 is 0 Å². The third-order valence-corrected chi connectivity index (χ3v) is 4.70. The topological polar surface area (TPSA) is 139 Å². The molecule has 0 bridgehead atoms. The summed E-state index contributed by atoms with van der Waals surface area (Å²) in [7, 11) is -4.30. The number of sulfonamides is 1. The quantitative estimate of drug-likeness (QED) is 0.668. The van der Waals surface area contributed by atoms with Crippen molar-refractivity contribution in [3.63, 3.8) is 0 Å². The molecule has 1 aliphatic heterocycles. The molecule has 1 heterocycles. The average Bonchev–Trinajstić information content (AvgIpc) is 2.54. The van der Waals surface area contributed by atoms with Crippen molar-refractivity contribution < 1.29 is 23.2 Å². The molecule has 9 nitrogen and oxygen atoms in total. The lowest BCUT2D eigenvalue weighted by molar-refractivity contribution is -0.386. The molecular weight excluding hydrogens is 338 g/mol. The van der Waals surface area contributed by atoms with Crippen LogP contribution in [0.2, 0.25) is 0 Å². The first-order valence-electron chi connectivity index (χ1n) is 6.59. The molecule has 0 aliphatic carbocycles. The van der Waals surface area contributed by atoms with Crippen LogP contribution in [0.4, 0.5) is 5.69 Å². The van der Waals surface area contributed by atoms with Crippen LogP contribution in [0.15, 0.2) is 57.0 Å². The van der Waals surface area contributed by atoms with Crippen LogP contribution < -0.4 is 0 Å². The summed E-state index contributed by atoms with van der Waals surface area (Å²) >= 11 is 0. The van der Waals surface area contributed by atoms with Crippen molar-refractivity contribution >= 4 is 21.7 Å². The Kier molecular flexibility index (Phi) is 3.60. The van der Waals surface area contributed by atoms with Gasteiger partial charge in [-0.05, 0) is 11.6 Å². The van der Waals surface area contributed by atoms with Crippen molar-refractivity contribution in [3.05, 3.63) is 69.3 Å². The maximum absolute atomic E-state index is 12.1. The molecule has 0 fully saturated rings. The minimum atomic E-state index is -4.30. The molecule has 1 unspecified atom stereocenters. The van der Waals surface area contributed by atoms with Crippen LogP contribution in [0.5, 0.6) is 0 Å². The Bertz CT molecular complexity index is 985. The molecule has 1 N–H and O–H groups in total. The monoisotopic (exact) mass is 347 g/mol. The number of nitro groups is 1. The summed E-state index contributed by atoms with van der Waals surface area (Å²) in [6.07, 6.45) is 0. The van der Waals surface area contributed by atoms with E-state index in [4.69, 9.17) is 5.11 Å². The Balaban J connectivity index is 2.38. The number of fused-ring (bicyclic) bond motifs is 1. The highest BCUT2D eigenvalue weighted by Crippen LogP contribution is 2.42. The smallest absolute Gasteiger partial charge is 0.335 e. The molecule has 1 aliphatic rings. The third-order valence-electron chi connectivity index (χ3n) is 3.50. The fraction of sp³-hybridized carbons (Fsp3) is 0.0714. The van der Waals surface area contributed by atoms with E-state index in [-0.39, 0.29) is 5.56 Å². The second-order valence-electron chi connectivity index (χ2n) is 4.95. The van der Waals surface area contributed by atoms with E-state index < -0.39 is 43.1 Å². The number of nitro benzene ring substituents is 1. The summed E-state index contributed by atoms with van der Waals surface area (Å²) in [5.41, 5.74) is -0.816. The summed E-state index contributed by atoms with van der Waals surface area (Å²) in [5.74, 6) is -1.48. The van der Waals surface area contributed by atoms with Gasteiger partial charge in [-0.15, -0.1) is 0 Å². The number of carbonyl (C=O) groups is 1. The standard InChI is InChI=1S/C14H9N3O6S/c18-14(19)9-6-10(17(20)21)12-11(7-9)24(22,23)16-15-13(12)8-4-2-1-3-5-8/h1-7,13H,(H,18,19). The number of carboxylic acids is 1. The number of nitrogens with zero attached hydrogens (tertiary/aromatic N) is 3. The molecule has 0 spiro atoms. The molecule has 2 aromatic rings. The Morgan fingerprint density at radius 2 is 1.88 bits per heavy atom. The molecule has 3 rings (SSSR count). The average molecular weight is 347 g/mol. The zero-order valence-corrected chi connectivity index (χ0v) is 12.7. The minimum absolute atomic E-state index is 0.189. The largest absolute Gasteiger partial charge is 0.478 e. The first kappa shape index (κ1) is 15.7. The van der Waals surface area contributed by atoms with Gasteiger partial charge >= 0.3 is 5.97 Å². The Labute approximate surface area is 135 Å². The zero-order chi connectivity index (χ0) is 17.5. The number of hydrogen-bond acceptors (Lipinski definition) is 6. The molecule has 2 aromatic carbocycles. The van der Waals surface area contributed by atoms with Gasteiger partial charge in [0.2, 0.25) is 0 Å². The van der Waals surface area contributed by atoms with E-state index in [0.717, 1.165) is 12.1 Å². The van der Waals surface area contributed by atoms with Gasteiger partial charge in [-0.1, -0.05) is 34.9 Å². The summed E-state index contributed by atoms with van der Waals surface area (Å²) < 4.78 is 27.5. The van der Waals surface area contributed by atoms with Crippen LogP contribution in [0.1, 0.15) is 27.5 Å². The number of rotatable bonds is 3. The fourth-order valence-corrected chi connectivity index (χ4v) is 3.53. The summed E-state index contributed by atoms with van der Waals surface area (Å²) in [5, 5.41) is 24.2. The minimum Gasteiger partial charge on any atom is -0.478 e. The predicted octanol–water partition coefficient (Wildman–Crippen LogP) is 2.54. The van der Waals surface area contributed by atoms with Gasteiger partial charge < -0.3 is 5.11 Å². The van der Waals surface area contributed by atoms with Crippen LogP contribution in [0.3, 0.4) is 0 Å². The molecular formula is C14H9N3O6S. The Morgan fingerprint density at radius 3 is 2.46 bits per heavy atom. The van der Waals surface area contributed by atoms with E-state index in [2.05, 4.69) is 9.63 Å². The lowest BCUT2D eigenvalue weighted by atomic mass is 9.96. The third kappa shape index (κ3) is 2.52. The van der Waals surface area contributed by atoms with Crippen molar-refractivity contribution in [1.29, 1.82) is 0 Å². The number of benzene rings is 2. The van der Waals surface area contributed by atoms with E-state index in [1.165, 1.54) is 0 Å². The maximum Gasteiger partial charge on any atom is 0.335 e. The second-order valence-corrected chi connectivity index (χ2v) is 6.51. The van der Waals surface area contributed by atoms with Gasteiger partial charge in [-0.2, -0.15) is 13.5 Å². The van der Waals surface area contributed by atoms with Gasteiger partial charge in [0.05, 0.1) is 16.1 Å². The van der Waals surface area contributed by atoms with Gasteiger partial charge in [0.1, 0.15) is 10.9 Å². The van der Waals surface area contributed by atoms with E-state index in [1.54, 1.807) is 30.3 Å². The molecule has 10 heteroatoms. The highest BCUT2D eigenvalue weighted by atomic mass is 32.2. The molecule has 24 heavy (non-hydrogen) atoms. The lowest BCUT2D eigenvalue weighted by Crippen LogP contribution is -2.15. The van der Waals surface area contributed by atoms with Crippen molar-refractivity contribution in [2.75, 3.05) is 0 Å². The first-order valence-corrected chi connectivity index (χ1v) is 8.03. The Morgan fingerprint density at radius 1 is 1.21 bits per heavy atom. The van der Waals surface area contributed by atoms with Crippen molar-refractivity contribution in [1.82, 2.24) is 0 Å². The van der Waals surface area contributed by atoms with Crippen LogP contribution in [0, 0.1) is 10.1 Å². The number of carboxylic acid groups (broad SMARTS) is 1. The van der Waals surface area contributed by atoms with Crippen LogP contribution in [0.25, 0.3) is 0 Å². The van der Waals surface area contributed by atoms with Crippen LogP contribution in [-0.2, 0) is 10.0 Å². The fourth-order valence-electron chi connectivity index (χ4n) is 2.45. The second kappa shape index (κ2) is 5.49. The molecule has 0 amide bonds. The van der Waals surface area contributed by atoms with E-state index in [0.29, 0.717) is 5.56 Å². The van der Waals surface area contributed by atoms with E-state index in [9.17, 15) is 23.3 Å². The number of aromatic carboxylic acids is 1. The van der Waals surface area contributed by atoms with E-state index in [1.807, 2.05) is 0 Å². The van der Waals surface area contributed by atoms with E-state index >= 15 is 0 Å². The molecule has 0 aromatic heterocycles. The van der Waals surface area contributed by atoms with Crippen molar-refractivity contribution in [2.24, 2.45) is 9.63 Å². The summed E-state index contributed by atoms with van der Waals surface area (Å²) in [4.78, 5) is 21.2. The molecule has 0 saturated heterocycles. The highest BCUT2D eigenvalue weighted by molar-refractivity contribution is 7.90. The van der Waals surface area contributed by atoms with Crippen molar-refractivity contribution in [3.8, 4) is 0 Å². The normalized spacial score (nSPS) is 17.9. The van der Waals surface area contributed by atoms with Gasteiger partial charge in [-0.25, -0.2) is 4.79 Å². The molecule has 0 saturated carbocycles. The highest BCUT2D eigenvalue weighted by Gasteiger charge is 2.37. The summed E-state index contributed by atoms with van der Waals surface area (Å²) in [6.45, 7) is 0. The first-order chi connectivity index (χ1) is 11.3. The molecule has 0 radical (unpaired) electrons. The predicted molar refractivity (Wildman–Crippen MR) is 80.4 cm³/mol. The molecule has 122 valence electrons. The van der Waals surface area contributed by atoms with Gasteiger partial charge in [0.25, 0.3) is 15.7 Å². The van der Waals surface area contributed by atoms with Gasteiger partial charge in [-0.3, -0.25) is 10.1 Å². The Hall–Kier alpha value is -3.14. The van der Waals surface area contributed by atoms with Gasteiger partial charge in [0.15, 0.2) is 0 Å². The maximum atomic E-state index is 12.1. The summed E-state index contributed by atoms with van der Waals surface area (Å²) in [6, 6.07) is 9.01. The SMILES string of the molecule is O=C(O)c1cc([N+](=O)[O-])c2c(c1)S(=O)(=O)N=NC2c1ccccc1. The molecule has 1 atom stereocenters. The zero-order valence-electron chi connectivity index (χ0n) is 11.9. The van der Waals surface area contributed by atoms with Gasteiger partial charge in [0, 0.05) is 6.07 Å². The van der Waals surface area contributed by atoms with Crippen LogP contribution in [-0.4, -0.2) is 24.4 Å². The lowest BCUT2D eigenvalue weighted by Gasteiger charge is -2.19.